The highest BCUT2D eigenvalue weighted by Crippen LogP contribution is 2.24. The molecule has 2 heterocycles. The third-order valence-corrected chi connectivity index (χ3v) is 6.11. The SMILES string of the molecule is CN1CCN(c2ccc(C(=O)Nc3n[nH]c4ccc(Cc5ccccc5)cc34)cc2)CC1. The Balaban J connectivity index is 1.30. The molecule has 1 aliphatic heterocycles. The number of carbonyl (C=O) groups excluding carboxylic acids is 1. The lowest BCUT2D eigenvalue weighted by atomic mass is 10.0. The highest BCUT2D eigenvalue weighted by atomic mass is 16.1. The van der Waals surface area contributed by atoms with E-state index < -0.39 is 0 Å². The van der Waals surface area contributed by atoms with Gasteiger partial charge in [0.15, 0.2) is 5.82 Å². The molecular formula is C26H27N5O. The molecule has 1 saturated heterocycles. The second-order valence-electron chi connectivity index (χ2n) is 8.41. The predicted octanol–water partition coefficient (Wildman–Crippen LogP) is 4.16. The van der Waals surface area contributed by atoms with E-state index in [0.717, 1.165) is 49.2 Å². The molecule has 1 amide bonds. The predicted molar refractivity (Wildman–Crippen MR) is 129 cm³/mol. The quantitative estimate of drug-likeness (QED) is 0.504. The van der Waals surface area contributed by atoms with E-state index in [1.54, 1.807) is 0 Å². The standard InChI is InChI=1S/C26H27N5O/c1-30-13-15-31(16-14-30)22-10-8-21(9-11-22)26(32)27-25-23-18-20(7-12-24(23)28-29-25)17-19-5-3-2-4-6-19/h2-12,18H,13-17H2,1H3,(H2,27,28,29,32). The number of rotatable bonds is 5. The Morgan fingerprint density at radius 2 is 1.69 bits per heavy atom. The van der Waals surface area contributed by atoms with Crippen molar-refractivity contribution in [2.45, 2.75) is 6.42 Å². The second-order valence-corrected chi connectivity index (χ2v) is 8.41. The van der Waals surface area contributed by atoms with Crippen molar-refractivity contribution >= 4 is 28.3 Å². The van der Waals surface area contributed by atoms with Gasteiger partial charge in [-0.05, 0) is 61.0 Å². The number of benzene rings is 3. The molecule has 1 fully saturated rings. The average molecular weight is 426 g/mol. The molecule has 162 valence electrons. The number of amides is 1. The van der Waals surface area contributed by atoms with Crippen LogP contribution in [-0.4, -0.2) is 54.2 Å². The molecule has 3 aromatic carbocycles. The third-order valence-electron chi connectivity index (χ3n) is 6.11. The van der Waals surface area contributed by atoms with Gasteiger partial charge in [-0.25, -0.2) is 0 Å². The van der Waals surface area contributed by atoms with Gasteiger partial charge in [0.25, 0.3) is 5.91 Å². The molecule has 2 N–H and O–H groups in total. The van der Waals surface area contributed by atoms with E-state index in [9.17, 15) is 4.79 Å². The second kappa shape index (κ2) is 8.85. The number of nitrogens with zero attached hydrogens (tertiary/aromatic N) is 3. The van der Waals surface area contributed by atoms with Crippen LogP contribution in [0.1, 0.15) is 21.5 Å². The van der Waals surface area contributed by atoms with E-state index in [0.29, 0.717) is 11.4 Å². The lowest BCUT2D eigenvalue weighted by Crippen LogP contribution is -2.44. The Hall–Kier alpha value is -3.64. The van der Waals surface area contributed by atoms with Crippen molar-refractivity contribution in [3.63, 3.8) is 0 Å². The van der Waals surface area contributed by atoms with Crippen molar-refractivity contribution in [2.24, 2.45) is 0 Å². The van der Waals surface area contributed by atoms with Gasteiger partial charge in [-0.1, -0.05) is 36.4 Å². The summed E-state index contributed by atoms with van der Waals surface area (Å²) < 4.78 is 0. The summed E-state index contributed by atoms with van der Waals surface area (Å²) in [5.41, 5.74) is 5.12. The summed E-state index contributed by atoms with van der Waals surface area (Å²) in [4.78, 5) is 17.6. The number of piperazine rings is 1. The number of fused-ring (bicyclic) bond motifs is 1. The van der Waals surface area contributed by atoms with Crippen molar-refractivity contribution in [1.82, 2.24) is 15.1 Å². The number of anilines is 2. The molecule has 5 rings (SSSR count). The van der Waals surface area contributed by atoms with E-state index in [2.05, 4.69) is 56.6 Å². The zero-order valence-electron chi connectivity index (χ0n) is 18.2. The maximum absolute atomic E-state index is 12.9. The van der Waals surface area contributed by atoms with Gasteiger partial charge in [0.2, 0.25) is 0 Å². The van der Waals surface area contributed by atoms with E-state index in [1.807, 2.05) is 48.5 Å². The molecule has 0 radical (unpaired) electrons. The Kier molecular flexibility index (Phi) is 5.60. The number of hydrogen-bond acceptors (Lipinski definition) is 4. The van der Waals surface area contributed by atoms with Crippen LogP contribution in [0.4, 0.5) is 11.5 Å². The Morgan fingerprint density at radius 1 is 0.938 bits per heavy atom. The van der Waals surface area contributed by atoms with Gasteiger partial charge < -0.3 is 15.1 Å². The van der Waals surface area contributed by atoms with Crippen LogP contribution in [0.5, 0.6) is 0 Å². The topological polar surface area (TPSA) is 64.3 Å². The zero-order valence-corrected chi connectivity index (χ0v) is 18.2. The number of aromatic amines is 1. The first kappa shape index (κ1) is 20.3. The molecule has 6 heteroatoms. The molecule has 0 spiro atoms. The van der Waals surface area contributed by atoms with Gasteiger partial charge >= 0.3 is 0 Å². The minimum absolute atomic E-state index is 0.156. The summed E-state index contributed by atoms with van der Waals surface area (Å²) in [6, 6.07) is 24.4. The van der Waals surface area contributed by atoms with E-state index in [1.165, 1.54) is 11.1 Å². The minimum Gasteiger partial charge on any atom is -0.369 e. The number of aromatic nitrogens is 2. The van der Waals surface area contributed by atoms with Crippen molar-refractivity contribution in [1.29, 1.82) is 0 Å². The molecule has 1 aromatic heterocycles. The maximum Gasteiger partial charge on any atom is 0.256 e. The molecule has 32 heavy (non-hydrogen) atoms. The van der Waals surface area contributed by atoms with Gasteiger partial charge in [0, 0.05) is 42.8 Å². The first-order valence-electron chi connectivity index (χ1n) is 11.0. The van der Waals surface area contributed by atoms with Crippen molar-refractivity contribution in [2.75, 3.05) is 43.4 Å². The molecule has 0 aliphatic carbocycles. The minimum atomic E-state index is -0.156. The molecule has 0 unspecified atom stereocenters. The number of hydrogen-bond donors (Lipinski definition) is 2. The zero-order chi connectivity index (χ0) is 21.9. The average Bonchev–Trinajstić information content (AvgIpc) is 3.22. The Morgan fingerprint density at radius 3 is 2.44 bits per heavy atom. The number of nitrogens with one attached hydrogen (secondary N) is 2. The highest BCUT2D eigenvalue weighted by molar-refractivity contribution is 6.08. The summed E-state index contributed by atoms with van der Waals surface area (Å²) in [5, 5.41) is 11.2. The smallest absolute Gasteiger partial charge is 0.256 e. The van der Waals surface area contributed by atoms with Gasteiger partial charge in [0.05, 0.1) is 5.52 Å². The van der Waals surface area contributed by atoms with Crippen LogP contribution in [0.25, 0.3) is 10.9 Å². The molecule has 0 bridgehead atoms. The van der Waals surface area contributed by atoms with Crippen LogP contribution in [0.15, 0.2) is 72.8 Å². The molecule has 6 nitrogen and oxygen atoms in total. The summed E-state index contributed by atoms with van der Waals surface area (Å²) in [6.45, 7) is 4.13. The highest BCUT2D eigenvalue weighted by Gasteiger charge is 2.16. The molecule has 0 atom stereocenters. The monoisotopic (exact) mass is 425 g/mol. The van der Waals surface area contributed by atoms with Gasteiger partial charge in [-0.15, -0.1) is 0 Å². The first-order valence-corrected chi connectivity index (χ1v) is 11.0. The van der Waals surface area contributed by atoms with Crippen molar-refractivity contribution in [3.05, 3.63) is 89.5 Å². The van der Waals surface area contributed by atoms with E-state index in [4.69, 9.17) is 0 Å². The van der Waals surface area contributed by atoms with E-state index in [-0.39, 0.29) is 5.91 Å². The maximum atomic E-state index is 12.9. The molecule has 4 aromatic rings. The fraction of sp³-hybridized carbons (Fsp3) is 0.231. The number of likely N-dealkylation sites (N-methyl/N-ethyl adjacent to an activating group) is 1. The van der Waals surface area contributed by atoms with E-state index >= 15 is 0 Å². The Bertz CT molecular complexity index is 1210. The van der Waals surface area contributed by atoms with Crippen molar-refractivity contribution in [3.8, 4) is 0 Å². The molecule has 0 saturated carbocycles. The summed E-state index contributed by atoms with van der Waals surface area (Å²) in [7, 11) is 2.15. The lowest BCUT2D eigenvalue weighted by molar-refractivity contribution is 0.102. The van der Waals surface area contributed by atoms with Crippen LogP contribution in [0, 0.1) is 0 Å². The molecule has 1 aliphatic rings. The third kappa shape index (κ3) is 4.36. The van der Waals surface area contributed by atoms with Crippen LogP contribution >= 0.6 is 0 Å². The number of H-pyrrole nitrogens is 1. The van der Waals surface area contributed by atoms with Gasteiger partial charge in [-0.3, -0.25) is 9.89 Å². The fourth-order valence-corrected chi connectivity index (χ4v) is 4.17. The first-order chi connectivity index (χ1) is 15.7. The summed E-state index contributed by atoms with van der Waals surface area (Å²) in [6.07, 6.45) is 0.836. The van der Waals surface area contributed by atoms with Gasteiger partial charge in [0.1, 0.15) is 0 Å². The Labute approximate surface area is 187 Å². The van der Waals surface area contributed by atoms with Gasteiger partial charge in [-0.2, -0.15) is 5.10 Å². The van der Waals surface area contributed by atoms with Crippen LogP contribution in [0.3, 0.4) is 0 Å². The largest absolute Gasteiger partial charge is 0.369 e. The molecular weight excluding hydrogens is 398 g/mol. The summed E-state index contributed by atoms with van der Waals surface area (Å²) >= 11 is 0. The van der Waals surface area contributed by atoms with Crippen LogP contribution < -0.4 is 10.2 Å². The lowest BCUT2D eigenvalue weighted by Gasteiger charge is -2.34. The fourth-order valence-electron chi connectivity index (χ4n) is 4.17. The number of carbonyl (C=O) groups is 1. The van der Waals surface area contributed by atoms with Crippen molar-refractivity contribution < 1.29 is 4.79 Å². The van der Waals surface area contributed by atoms with Crippen LogP contribution in [-0.2, 0) is 6.42 Å². The normalized spacial score (nSPS) is 14.6. The summed E-state index contributed by atoms with van der Waals surface area (Å²) in [5.74, 6) is 0.403. The van der Waals surface area contributed by atoms with Crippen LogP contribution in [0.2, 0.25) is 0 Å².